The van der Waals surface area contributed by atoms with Crippen LogP contribution in [0.3, 0.4) is 0 Å². The lowest BCUT2D eigenvalue weighted by Gasteiger charge is -2.17. The highest BCUT2D eigenvalue weighted by Crippen LogP contribution is 2.30. The van der Waals surface area contributed by atoms with E-state index in [2.05, 4.69) is 10.4 Å². The first-order valence-electron chi connectivity index (χ1n) is 10.5. The quantitative estimate of drug-likeness (QED) is 0.585. The summed E-state index contributed by atoms with van der Waals surface area (Å²) in [7, 11) is -3.69. The molecule has 9 heteroatoms. The zero-order valence-corrected chi connectivity index (χ0v) is 19.6. The zero-order valence-electron chi connectivity index (χ0n) is 18.0. The van der Waals surface area contributed by atoms with E-state index in [0.717, 1.165) is 35.5 Å². The van der Waals surface area contributed by atoms with Crippen LogP contribution in [0.25, 0.3) is 5.69 Å². The zero-order chi connectivity index (χ0) is 22.9. The molecule has 2 heterocycles. The van der Waals surface area contributed by atoms with E-state index >= 15 is 0 Å². The van der Waals surface area contributed by atoms with Crippen molar-refractivity contribution in [2.75, 3.05) is 18.4 Å². The van der Waals surface area contributed by atoms with Crippen molar-refractivity contribution in [3.05, 3.63) is 70.5 Å². The van der Waals surface area contributed by atoms with Gasteiger partial charge < -0.3 is 5.32 Å². The van der Waals surface area contributed by atoms with Crippen LogP contribution in [-0.2, 0) is 21.2 Å². The Labute approximate surface area is 193 Å². The van der Waals surface area contributed by atoms with Crippen LogP contribution in [-0.4, -0.2) is 41.5 Å². The summed E-state index contributed by atoms with van der Waals surface area (Å²) in [5.41, 5.74) is 3.81. The van der Waals surface area contributed by atoms with E-state index in [1.54, 1.807) is 6.07 Å². The van der Waals surface area contributed by atoms with Gasteiger partial charge in [0.05, 0.1) is 22.8 Å². The maximum Gasteiger partial charge on any atom is 0.244 e. The van der Waals surface area contributed by atoms with Gasteiger partial charge in [-0.05, 0) is 57.0 Å². The summed E-state index contributed by atoms with van der Waals surface area (Å²) in [6.45, 7) is 4.77. The molecule has 1 N–H and O–H groups in total. The van der Waals surface area contributed by atoms with E-state index in [9.17, 15) is 13.2 Å². The second-order valence-corrected chi connectivity index (χ2v) is 10.2. The minimum Gasteiger partial charge on any atom is -0.326 e. The molecule has 1 fully saturated rings. The van der Waals surface area contributed by atoms with Gasteiger partial charge in [-0.2, -0.15) is 9.40 Å². The minimum atomic E-state index is -3.69. The van der Waals surface area contributed by atoms with Crippen LogP contribution in [0.5, 0.6) is 0 Å². The number of anilines is 1. The standard InChI is InChI=1S/C23H25ClN4O3S/c1-16-20(17(2)28(26-16)19-8-4-3-5-9-19)15-23(29)25-18-10-11-21(24)22(14-18)32(30,31)27-12-6-7-13-27/h3-5,8-11,14H,6-7,12-13,15H2,1-2H3,(H,25,29). The van der Waals surface area contributed by atoms with E-state index in [0.29, 0.717) is 18.8 Å². The summed E-state index contributed by atoms with van der Waals surface area (Å²) >= 11 is 6.20. The number of rotatable bonds is 6. The molecule has 3 aromatic rings. The molecule has 1 amide bonds. The van der Waals surface area contributed by atoms with Crippen LogP contribution >= 0.6 is 11.6 Å². The van der Waals surface area contributed by atoms with Crippen molar-refractivity contribution in [2.24, 2.45) is 0 Å². The van der Waals surface area contributed by atoms with Gasteiger partial charge in [-0.3, -0.25) is 4.79 Å². The summed E-state index contributed by atoms with van der Waals surface area (Å²) in [6, 6.07) is 14.3. The smallest absolute Gasteiger partial charge is 0.244 e. The fraction of sp³-hybridized carbons (Fsp3) is 0.304. The monoisotopic (exact) mass is 472 g/mol. The normalized spacial score (nSPS) is 14.6. The molecule has 0 atom stereocenters. The number of para-hydroxylation sites is 1. The molecule has 1 saturated heterocycles. The second-order valence-electron chi connectivity index (χ2n) is 7.88. The highest BCUT2D eigenvalue weighted by atomic mass is 35.5. The summed E-state index contributed by atoms with van der Waals surface area (Å²) in [5, 5.41) is 7.53. The number of amides is 1. The number of benzene rings is 2. The topological polar surface area (TPSA) is 84.3 Å². The van der Waals surface area contributed by atoms with Crippen LogP contribution in [0.1, 0.15) is 29.8 Å². The number of hydrogen-bond donors (Lipinski definition) is 1. The third kappa shape index (κ3) is 4.44. The maximum absolute atomic E-state index is 12.9. The number of carbonyl (C=O) groups is 1. The summed E-state index contributed by atoms with van der Waals surface area (Å²) in [5.74, 6) is -0.254. The molecular formula is C23H25ClN4O3S. The van der Waals surface area contributed by atoms with Crippen molar-refractivity contribution in [1.82, 2.24) is 14.1 Å². The molecule has 7 nitrogen and oxygen atoms in total. The van der Waals surface area contributed by atoms with Crippen LogP contribution in [0.15, 0.2) is 53.4 Å². The number of aromatic nitrogens is 2. The van der Waals surface area contributed by atoms with Crippen molar-refractivity contribution < 1.29 is 13.2 Å². The molecule has 0 aliphatic carbocycles. The molecule has 0 saturated carbocycles. The molecule has 168 valence electrons. The maximum atomic E-state index is 12.9. The first-order valence-corrected chi connectivity index (χ1v) is 12.3. The average molecular weight is 473 g/mol. The highest BCUT2D eigenvalue weighted by molar-refractivity contribution is 7.89. The summed E-state index contributed by atoms with van der Waals surface area (Å²) < 4.78 is 29.1. The van der Waals surface area contributed by atoms with Crippen molar-refractivity contribution in [3.63, 3.8) is 0 Å². The summed E-state index contributed by atoms with van der Waals surface area (Å²) in [6.07, 6.45) is 1.80. The lowest BCUT2D eigenvalue weighted by molar-refractivity contribution is -0.115. The number of nitrogens with zero attached hydrogens (tertiary/aromatic N) is 3. The number of sulfonamides is 1. The number of halogens is 1. The van der Waals surface area contributed by atoms with Crippen LogP contribution in [0.2, 0.25) is 5.02 Å². The van der Waals surface area contributed by atoms with Crippen LogP contribution in [0.4, 0.5) is 5.69 Å². The van der Waals surface area contributed by atoms with Gasteiger partial charge >= 0.3 is 0 Å². The molecule has 0 unspecified atom stereocenters. The van der Waals surface area contributed by atoms with Crippen LogP contribution < -0.4 is 5.32 Å². The number of nitrogens with one attached hydrogen (secondary N) is 1. The Morgan fingerprint density at radius 1 is 1.09 bits per heavy atom. The predicted molar refractivity (Wildman–Crippen MR) is 125 cm³/mol. The van der Waals surface area contributed by atoms with Gasteiger partial charge in [0.1, 0.15) is 4.90 Å². The molecule has 32 heavy (non-hydrogen) atoms. The fourth-order valence-electron chi connectivity index (χ4n) is 3.96. The Balaban J connectivity index is 1.54. The predicted octanol–water partition coefficient (Wildman–Crippen LogP) is 4.11. The van der Waals surface area contributed by atoms with E-state index in [-0.39, 0.29) is 22.2 Å². The molecule has 1 aliphatic rings. The Bertz CT molecular complexity index is 1250. The molecule has 4 rings (SSSR count). The van der Waals surface area contributed by atoms with Crippen molar-refractivity contribution in [1.29, 1.82) is 0 Å². The van der Waals surface area contributed by atoms with E-state index < -0.39 is 10.0 Å². The molecule has 2 aromatic carbocycles. The first-order chi connectivity index (χ1) is 15.3. The largest absolute Gasteiger partial charge is 0.326 e. The van der Waals surface area contributed by atoms with Crippen molar-refractivity contribution in [3.8, 4) is 5.69 Å². The first kappa shape index (κ1) is 22.5. The van der Waals surface area contributed by atoms with Gasteiger partial charge in [0.15, 0.2) is 0 Å². The van der Waals surface area contributed by atoms with Gasteiger partial charge in [0.2, 0.25) is 15.9 Å². The Kier molecular flexibility index (Phi) is 6.37. The minimum absolute atomic E-state index is 0.0168. The SMILES string of the molecule is Cc1nn(-c2ccccc2)c(C)c1CC(=O)Nc1ccc(Cl)c(S(=O)(=O)N2CCCC2)c1. The molecule has 0 radical (unpaired) electrons. The molecular weight excluding hydrogens is 448 g/mol. The summed E-state index contributed by atoms with van der Waals surface area (Å²) in [4.78, 5) is 12.8. The van der Waals surface area contributed by atoms with Gasteiger partial charge in [-0.15, -0.1) is 0 Å². The van der Waals surface area contributed by atoms with Crippen molar-refractivity contribution >= 4 is 33.2 Å². The van der Waals surface area contributed by atoms with E-state index in [1.807, 2.05) is 48.9 Å². The van der Waals surface area contributed by atoms with Gasteiger partial charge in [-0.1, -0.05) is 29.8 Å². The molecule has 0 spiro atoms. The van der Waals surface area contributed by atoms with Crippen molar-refractivity contribution in [2.45, 2.75) is 38.0 Å². The molecule has 1 aromatic heterocycles. The van der Waals surface area contributed by atoms with Crippen LogP contribution in [0, 0.1) is 13.8 Å². The number of aryl methyl sites for hydroxylation is 1. The lowest BCUT2D eigenvalue weighted by Crippen LogP contribution is -2.28. The average Bonchev–Trinajstić information content (AvgIpc) is 3.41. The van der Waals surface area contributed by atoms with Gasteiger partial charge in [-0.25, -0.2) is 13.1 Å². The number of carbonyl (C=O) groups excluding carboxylic acids is 1. The third-order valence-corrected chi connectivity index (χ3v) is 8.06. The number of hydrogen-bond acceptors (Lipinski definition) is 4. The van der Waals surface area contributed by atoms with Gasteiger partial charge in [0, 0.05) is 30.0 Å². The Morgan fingerprint density at radius 2 is 1.78 bits per heavy atom. The Hall–Kier alpha value is -2.68. The van der Waals surface area contributed by atoms with E-state index in [4.69, 9.17) is 11.6 Å². The van der Waals surface area contributed by atoms with Gasteiger partial charge in [0.25, 0.3) is 0 Å². The van der Waals surface area contributed by atoms with E-state index in [1.165, 1.54) is 16.4 Å². The molecule has 1 aliphatic heterocycles. The molecule has 0 bridgehead atoms. The second kappa shape index (κ2) is 9.05. The third-order valence-electron chi connectivity index (χ3n) is 5.68. The highest BCUT2D eigenvalue weighted by Gasteiger charge is 2.29. The Morgan fingerprint density at radius 3 is 2.47 bits per heavy atom. The lowest BCUT2D eigenvalue weighted by atomic mass is 10.1. The fourth-order valence-corrected chi connectivity index (χ4v) is 5.98.